The largest absolute Gasteiger partial charge is 0.481 e. The molecular weight excluding hydrogens is 318 g/mol. The van der Waals surface area contributed by atoms with E-state index in [1.165, 1.54) is 12.1 Å². The summed E-state index contributed by atoms with van der Waals surface area (Å²) >= 11 is 0.947. The molecule has 0 radical (unpaired) electrons. The van der Waals surface area contributed by atoms with Crippen LogP contribution in [0.2, 0.25) is 0 Å². The molecule has 0 bridgehead atoms. The van der Waals surface area contributed by atoms with E-state index in [4.69, 9.17) is 14.6 Å². The van der Waals surface area contributed by atoms with Gasteiger partial charge in [-0.3, -0.25) is 4.79 Å². The molecule has 0 aromatic carbocycles. The van der Waals surface area contributed by atoms with Gasteiger partial charge in [-0.2, -0.15) is 0 Å². The van der Waals surface area contributed by atoms with Gasteiger partial charge in [0.25, 0.3) is 0 Å². The number of nitrogens with one attached hydrogen (secondary N) is 1. The second kappa shape index (κ2) is 6.01. The van der Waals surface area contributed by atoms with E-state index in [1.54, 1.807) is 13.8 Å². The predicted molar refractivity (Wildman–Crippen MR) is 75.8 cm³/mol. The van der Waals surface area contributed by atoms with Crippen LogP contribution in [0.25, 0.3) is 0 Å². The number of hydrogen-bond acceptors (Lipinski definition) is 6. The molecule has 1 fully saturated rings. The Kier molecular flexibility index (Phi) is 4.69. The van der Waals surface area contributed by atoms with E-state index < -0.39 is 21.8 Å². The number of rotatable bonds is 6. The lowest BCUT2D eigenvalue weighted by Crippen LogP contribution is -2.34. The summed E-state index contributed by atoms with van der Waals surface area (Å²) in [5.74, 6) is -1.69. The van der Waals surface area contributed by atoms with Gasteiger partial charge in [0.1, 0.15) is 4.21 Å². The third kappa shape index (κ3) is 4.48. The van der Waals surface area contributed by atoms with Crippen LogP contribution < -0.4 is 4.72 Å². The van der Waals surface area contributed by atoms with Gasteiger partial charge in [0, 0.05) is 11.4 Å². The Morgan fingerprint density at radius 1 is 1.52 bits per heavy atom. The van der Waals surface area contributed by atoms with Crippen molar-refractivity contribution in [2.45, 2.75) is 36.4 Å². The standard InChI is InChI=1S/C12H17NO6S2/c1-12(2)18-7-8(19-12)6-13-21(16,17)11-4-3-9(20-11)5-10(14)15/h3-4,8,13H,5-7H2,1-2H3,(H,14,15). The summed E-state index contributed by atoms with van der Waals surface area (Å²) in [7, 11) is -3.66. The molecule has 1 aromatic rings. The number of hydrogen-bond donors (Lipinski definition) is 2. The molecule has 1 atom stereocenters. The van der Waals surface area contributed by atoms with E-state index in [1.807, 2.05) is 0 Å². The highest BCUT2D eigenvalue weighted by Gasteiger charge is 2.33. The SMILES string of the molecule is CC1(C)OCC(CNS(=O)(=O)c2ccc(CC(=O)O)s2)O1. The molecule has 1 saturated heterocycles. The van der Waals surface area contributed by atoms with Gasteiger partial charge in [-0.25, -0.2) is 13.1 Å². The lowest BCUT2D eigenvalue weighted by Gasteiger charge is -2.17. The van der Waals surface area contributed by atoms with Crippen LogP contribution in [0.4, 0.5) is 0 Å². The maximum Gasteiger partial charge on any atom is 0.308 e. The van der Waals surface area contributed by atoms with Crippen molar-refractivity contribution in [2.24, 2.45) is 0 Å². The molecule has 2 rings (SSSR count). The van der Waals surface area contributed by atoms with Crippen molar-refractivity contribution in [3.8, 4) is 0 Å². The van der Waals surface area contributed by atoms with Gasteiger partial charge < -0.3 is 14.6 Å². The van der Waals surface area contributed by atoms with Crippen LogP contribution in [-0.2, 0) is 30.7 Å². The van der Waals surface area contributed by atoms with Crippen molar-refractivity contribution >= 4 is 27.3 Å². The number of carboxylic acid groups (broad SMARTS) is 1. The summed E-state index contributed by atoms with van der Waals surface area (Å²) in [6.45, 7) is 3.96. The monoisotopic (exact) mass is 335 g/mol. The van der Waals surface area contributed by atoms with Gasteiger partial charge in [0.15, 0.2) is 5.79 Å². The molecule has 1 unspecified atom stereocenters. The smallest absolute Gasteiger partial charge is 0.308 e. The van der Waals surface area contributed by atoms with Crippen LogP contribution in [-0.4, -0.2) is 44.5 Å². The first kappa shape index (κ1) is 16.4. The fourth-order valence-corrected chi connectivity index (χ4v) is 4.34. The summed E-state index contributed by atoms with van der Waals surface area (Å²) in [5, 5.41) is 8.69. The molecule has 21 heavy (non-hydrogen) atoms. The Bertz CT molecular complexity index is 621. The van der Waals surface area contributed by atoms with E-state index in [2.05, 4.69) is 4.72 Å². The summed E-state index contributed by atoms with van der Waals surface area (Å²) in [6.07, 6.45) is -0.526. The molecular formula is C12H17NO6S2. The zero-order chi connectivity index (χ0) is 15.7. The van der Waals surface area contributed by atoms with Gasteiger partial charge in [-0.05, 0) is 26.0 Å². The summed E-state index contributed by atoms with van der Waals surface area (Å²) in [4.78, 5) is 11.1. The topological polar surface area (TPSA) is 102 Å². The fourth-order valence-electron chi connectivity index (χ4n) is 1.88. The molecule has 2 N–H and O–H groups in total. The van der Waals surface area contributed by atoms with E-state index >= 15 is 0 Å². The van der Waals surface area contributed by atoms with Gasteiger partial charge >= 0.3 is 5.97 Å². The van der Waals surface area contributed by atoms with Gasteiger partial charge in [-0.15, -0.1) is 11.3 Å². The maximum absolute atomic E-state index is 12.1. The van der Waals surface area contributed by atoms with Crippen LogP contribution in [0.3, 0.4) is 0 Å². The average molecular weight is 335 g/mol. The Hall–Kier alpha value is -1.00. The first-order valence-electron chi connectivity index (χ1n) is 6.30. The zero-order valence-corrected chi connectivity index (χ0v) is 13.3. The van der Waals surface area contributed by atoms with Crippen molar-refractivity contribution in [3.63, 3.8) is 0 Å². The molecule has 118 valence electrons. The van der Waals surface area contributed by atoms with Gasteiger partial charge in [0.05, 0.1) is 19.1 Å². The lowest BCUT2D eigenvalue weighted by atomic mass is 10.3. The quantitative estimate of drug-likeness (QED) is 0.797. The summed E-state index contributed by atoms with van der Waals surface area (Å²) < 4.78 is 37.6. The lowest BCUT2D eigenvalue weighted by molar-refractivity contribution is -0.137. The summed E-state index contributed by atoms with van der Waals surface area (Å²) in [6, 6.07) is 2.91. The fraction of sp³-hybridized carbons (Fsp3) is 0.583. The van der Waals surface area contributed by atoms with Crippen molar-refractivity contribution < 1.29 is 27.8 Å². The molecule has 0 spiro atoms. The number of carbonyl (C=O) groups is 1. The highest BCUT2D eigenvalue weighted by molar-refractivity contribution is 7.91. The molecule has 0 aliphatic carbocycles. The van der Waals surface area contributed by atoms with E-state index in [-0.39, 0.29) is 23.3 Å². The highest BCUT2D eigenvalue weighted by Crippen LogP contribution is 2.24. The van der Waals surface area contributed by atoms with Crippen LogP contribution in [0.1, 0.15) is 18.7 Å². The number of thiophene rings is 1. The third-order valence-corrected chi connectivity index (χ3v) is 5.80. The molecule has 1 aromatic heterocycles. The summed E-state index contributed by atoms with van der Waals surface area (Å²) in [5.41, 5.74) is 0. The normalized spacial score (nSPS) is 21.5. The molecule has 7 nitrogen and oxygen atoms in total. The van der Waals surface area contributed by atoms with Crippen molar-refractivity contribution in [2.75, 3.05) is 13.2 Å². The maximum atomic E-state index is 12.1. The molecule has 9 heteroatoms. The average Bonchev–Trinajstić information content (AvgIpc) is 2.93. The minimum Gasteiger partial charge on any atom is -0.481 e. The first-order chi connectivity index (χ1) is 9.68. The molecule has 1 aliphatic rings. The van der Waals surface area contributed by atoms with Crippen LogP contribution in [0, 0.1) is 0 Å². The minimum atomic E-state index is -3.66. The second-order valence-corrected chi connectivity index (χ2v) is 8.26. The van der Waals surface area contributed by atoms with Crippen molar-refractivity contribution in [1.29, 1.82) is 0 Å². The zero-order valence-electron chi connectivity index (χ0n) is 11.7. The van der Waals surface area contributed by atoms with Gasteiger partial charge in [-0.1, -0.05) is 0 Å². The molecule has 2 heterocycles. The Morgan fingerprint density at radius 2 is 2.24 bits per heavy atom. The minimum absolute atomic E-state index is 0.0944. The Morgan fingerprint density at radius 3 is 2.81 bits per heavy atom. The Balaban J connectivity index is 1.95. The number of aliphatic carboxylic acids is 1. The van der Waals surface area contributed by atoms with E-state index in [0.717, 1.165) is 11.3 Å². The van der Waals surface area contributed by atoms with Crippen LogP contribution in [0.15, 0.2) is 16.3 Å². The highest BCUT2D eigenvalue weighted by atomic mass is 32.2. The van der Waals surface area contributed by atoms with Crippen molar-refractivity contribution in [3.05, 3.63) is 17.0 Å². The van der Waals surface area contributed by atoms with Crippen LogP contribution in [0.5, 0.6) is 0 Å². The molecule has 0 saturated carbocycles. The molecule has 1 aliphatic heterocycles. The first-order valence-corrected chi connectivity index (χ1v) is 8.60. The third-order valence-electron chi connectivity index (χ3n) is 2.80. The van der Waals surface area contributed by atoms with Gasteiger partial charge in [0.2, 0.25) is 10.0 Å². The van der Waals surface area contributed by atoms with Crippen LogP contribution >= 0.6 is 11.3 Å². The van der Waals surface area contributed by atoms with E-state index in [0.29, 0.717) is 11.5 Å². The van der Waals surface area contributed by atoms with Crippen molar-refractivity contribution in [1.82, 2.24) is 4.72 Å². The molecule has 0 amide bonds. The number of carboxylic acids is 1. The number of sulfonamides is 1. The second-order valence-electron chi connectivity index (χ2n) is 5.09. The Labute approximate surface area is 126 Å². The number of ether oxygens (including phenoxy) is 2. The van der Waals surface area contributed by atoms with E-state index in [9.17, 15) is 13.2 Å². The predicted octanol–water partition coefficient (Wildman–Crippen LogP) is 0.805.